The molecule has 0 saturated heterocycles. The zero-order valence-corrected chi connectivity index (χ0v) is 19.8. The molecule has 0 aliphatic carbocycles. The van der Waals surface area contributed by atoms with Gasteiger partial charge in [-0.1, -0.05) is 36.2 Å². The molecule has 2 aromatic carbocycles. The largest absolute Gasteiger partial charge is 0.493 e. The molecule has 0 radical (unpaired) electrons. The van der Waals surface area contributed by atoms with Gasteiger partial charge in [-0.15, -0.1) is 0 Å². The molecule has 1 aromatic heterocycles. The Balaban J connectivity index is 1.64. The van der Waals surface area contributed by atoms with Gasteiger partial charge in [-0.05, 0) is 42.3 Å². The van der Waals surface area contributed by atoms with Crippen LogP contribution in [0, 0.1) is 0 Å². The van der Waals surface area contributed by atoms with E-state index in [1.54, 1.807) is 43.2 Å². The number of nitrogens with one attached hydrogen (secondary N) is 2. The van der Waals surface area contributed by atoms with Gasteiger partial charge in [0.05, 0.1) is 37.0 Å². The van der Waals surface area contributed by atoms with E-state index in [0.29, 0.717) is 39.5 Å². The Hall–Kier alpha value is -3.23. The molecule has 1 aliphatic heterocycles. The van der Waals surface area contributed by atoms with E-state index >= 15 is 0 Å². The number of amides is 2. The van der Waals surface area contributed by atoms with Crippen molar-refractivity contribution in [3.05, 3.63) is 52.1 Å². The normalized spacial score (nSPS) is 14.6. The highest BCUT2D eigenvalue weighted by atomic mass is 35.5. The Morgan fingerprint density at radius 3 is 2.61 bits per heavy atom. The molecule has 4 rings (SSSR count). The van der Waals surface area contributed by atoms with Crippen molar-refractivity contribution < 1.29 is 19.1 Å². The third-order valence-corrected chi connectivity index (χ3v) is 5.98. The van der Waals surface area contributed by atoms with Gasteiger partial charge in [-0.3, -0.25) is 9.59 Å². The second-order valence-electron chi connectivity index (χ2n) is 7.42. The van der Waals surface area contributed by atoms with Crippen LogP contribution in [0.5, 0.6) is 11.5 Å². The van der Waals surface area contributed by atoms with Gasteiger partial charge < -0.3 is 20.1 Å². The van der Waals surface area contributed by atoms with Gasteiger partial charge in [0, 0.05) is 10.6 Å². The van der Waals surface area contributed by atoms with Crippen LogP contribution in [-0.4, -0.2) is 35.8 Å². The highest BCUT2D eigenvalue weighted by molar-refractivity contribution is 6.35. The van der Waals surface area contributed by atoms with Crippen molar-refractivity contribution in [3.8, 4) is 22.6 Å². The molecule has 10 heteroatoms. The van der Waals surface area contributed by atoms with E-state index in [4.69, 9.17) is 32.7 Å². The number of carbonyl (C=O) groups is 2. The fourth-order valence-electron chi connectivity index (χ4n) is 3.83. The van der Waals surface area contributed by atoms with Crippen molar-refractivity contribution in [1.82, 2.24) is 9.78 Å². The first-order valence-electron chi connectivity index (χ1n) is 10.3. The van der Waals surface area contributed by atoms with Crippen LogP contribution in [0.25, 0.3) is 11.1 Å². The van der Waals surface area contributed by atoms with Crippen LogP contribution in [0.3, 0.4) is 0 Å². The lowest BCUT2D eigenvalue weighted by atomic mass is 10.0. The van der Waals surface area contributed by atoms with Gasteiger partial charge in [0.25, 0.3) is 5.91 Å². The summed E-state index contributed by atoms with van der Waals surface area (Å²) in [5.41, 5.74) is 2.78. The van der Waals surface area contributed by atoms with E-state index in [2.05, 4.69) is 15.7 Å². The molecule has 3 aromatic rings. The number of nitrogens with zero attached hydrogens (tertiary/aromatic N) is 2. The number of halogens is 2. The van der Waals surface area contributed by atoms with Crippen molar-refractivity contribution >= 4 is 46.5 Å². The van der Waals surface area contributed by atoms with Crippen LogP contribution < -0.4 is 20.1 Å². The number of carbonyl (C=O) groups excluding carboxylic acids is 2. The molecule has 33 heavy (non-hydrogen) atoms. The van der Waals surface area contributed by atoms with E-state index in [9.17, 15) is 9.59 Å². The molecule has 172 valence electrons. The maximum atomic E-state index is 12.8. The quantitative estimate of drug-likeness (QED) is 0.490. The number of ether oxygens (including phenoxy) is 2. The summed E-state index contributed by atoms with van der Waals surface area (Å²) in [7, 11) is 3.13. The maximum Gasteiger partial charge on any atom is 0.251 e. The maximum absolute atomic E-state index is 12.8. The number of benzene rings is 2. The first-order valence-corrected chi connectivity index (χ1v) is 11.0. The molecule has 0 bridgehead atoms. The number of rotatable bonds is 7. The highest BCUT2D eigenvalue weighted by Gasteiger charge is 2.37. The van der Waals surface area contributed by atoms with Crippen molar-refractivity contribution in [2.45, 2.75) is 25.8 Å². The topological polar surface area (TPSA) is 94.5 Å². The number of methoxy groups -OCH3 is 2. The van der Waals surface area contributed by atoms with Crippen LogP contribution in [0.2, 0.25) is 10.0 Å². The second kappa shape index (κ2) is 9.33. The molecular formula is C23H22Cl2N4O4. The Morgan fingerprint density at radius 1 is 1.15 bits per heavy atom. The van der Waals surface area contributed by atoms with Gasteiger partial charge in [-0.2, -0.15) is 5.10 Å². The fraction of sp³-hybridized carbons (Fsp3) is 0.261. The minimum Gasteiger partial charge on any atom is -0.493 e. The number of hydrogen-bond donors (Lipinski definition) is 2. The predicted molar refractivity (Wildman–Crippen MR) is 128 cm³/mol. The van der Waals surface area contributed by atoms with E-state index in [0.717, 1.165) is 16.8 Å². The Bertz CT molecular complexity index is 1240. The summed E-state index contributed by atoms with van der Waals surface area (Å²) in [6.07, 6.45) is 0.522. The first kappa shape index (κ1) is 22.9. The molecule has 0 saturated carbocycles. The molecule has 0 fully saturated rings. The lowest BCUT2D eigenvalue weighted by molar-refractivity contribution is -0.123. The van der Waals surface area contributed by atoms with E-state index in [1.807, 2.05) is 19.1 Å². The Kier molecular flexibility index (Phi) is 6.49. The van der Waals surface area contributed by atoms with Crippen molar-refractivity contribution in [1.29, 1.82) is 0 Å². The summed E-state index contributed by atoms with van der Waals surface area (Å²) in [6.45, 7) is 1.98. The Labute approximate surface area is 200 Å². The number of aromatic nitrogens is 2. The second-order valence-corrected chi connectivity index (χ2v) is 8.26. The van der Waals surface area contributed by atoms with Crippen LogP contribution >= 0.6 is 23.2 Å². The number of anilines is 2. The summed E-state index contributed by atoms with van der Waals surface area (Å²) in [6, 6.07) is 9.50. The van der Waals surface area contributed by atoms with Crippen LogP contribution in [0.1, 0.15) is 25.1 Å². The van der Waals surface area contributed by atoms with Crippen LogP contribution in [0.4, 0.5) is 11.5 Å². The SMILES string of the molecule is CCc1nn2c(c1-c1ccc(OC)c(OC)c1)NC(=O)C2CC(=O)Nc1cc(Cl)ccc1Cl. The first-order chi connectivity index (χ1) is 15.9. The third kappa shape index (κ3) is 4.36. The molecular weight excluding hydrogens is 467 g/mol. The van der Waals surface area contributed by atoms with Gasteiger partial charge in [0.2, 0.25) is 5.91 Å². The van der Waals surface area contributed by atoms with Gasteiger partial charge in [0.15, 0.2) is 11.5 Å². The molecule has 1 aliphatic rings. The summed E-state index contributed by atoms with van der Waals surface area (Å²) < 4.78 is 12.3. The monoisotopic (exact) mass is 488 g/mol. The lowest BCUT2D eigenvalue weighted by Gasteiger charge is -2.11. The molecule has 1 unspecified atom stereocenters. The Morgan fingerprint density at radius 2 is 1.91 bits per heavy atom. The van der Waals surface area contributed by atoms with Crippen molar-refractivity contribution in [2.24, 2.45) is 0 Å². The fourth-order valence-corrected chi connectivity index (χ4v) is 4.17. The third-order valence-electron chi connectivity index (χ3n) is 5.41. The molecule has 1 atom stereocenters. The van der Waals surface area contributed by atoms with Gasteiger partial charge in [0.1, 0.15) is 11.9 Å². The van der Waals surface area contributed by atoms with E-state index < -0.39 is 6.04 Å². The summed E-state index contributed by atoms with van der Waals surface area (Å²) in [4.78, 5) is 25.5. The minimum atomic E-state index is -0.794. The summed E-state index contributed by atoms with van der Waals surface area (Å²) >= 11 is 12.1. The molecule has 2 N–H and O–H groups in total. The number of fused-ring (bicyclic) bond motifs is 1. The number of aryl methyl sites for hydroxylation is 1. The average Bonchev–Trinajstić information content (AvgIpc) is 3.30. The molecule has 8 nitrogen and oxygen atoms in total. The predicted octanol–water partition coefficient (Wildman–Crippen LogP) is 4.96. The van der Waals surface area contributed by atoms with Crippen molar-refractivity contribution in [2.75, 3.05) is 24.9 Å². The summed E-state index contributed by atoms with van der Waals surface area (Å²) in [5.74, 6) is 1.02. The molecule has 2 amide bonds. The summed E-state index contributed by atoms with van der Waals surface area (Å²) in [5, 5.41) is 11.0. The van der Waals surface area contributed by atoms with Gasteiger partial charge in [-0.25, -0.2) is 4.68 Å². The van der Waals surface area contributed by atoms with Crippen LogP contribution in [-0.2, 0) is 16.0 Å². The standard InChI is InChI=1S/C23H22Cl2N4O4/c1-4-15-21(12-5-8-18(32-2)19(9-12)33-3)22-27-23(31)17(29(22)28-15)11-20(30)26-16-10-13(24)6-7-14(16)25/h5-10,17H,4,11H2,1-3H3,(H,26,30)(H,27,31). The number of hydrogen-bond acceptors (Lipinski definition) is 5. The zero-order valence-electron chi connectivity index (χ0n) is 18.2. The average molecular weight is 489 g/mol. The smallest absolute Gasteiger partial charge is 0.251 e. The van der Waals surface area contributed by atoms with E-state index in [-0.39, 0.29) is 18.2 Å². The van der Waals surface area contributed by atoms with Crippen molar-refractivity contribution in [3.63, 3.8) is 0 Å². The zero-order chi connectivity index (χ0) is 23.7. The molecule has 0 spiro atoms. The van der Waals surface area contributed by atoms with Gasteiger partial charge >= 0.3 is 0 Å². The lowest BCUT2D eigenvalue weighted by Crippen LogP contribution is -2.24. The van der Waals surface area contributed by atoms with E-state index in [1.165, 1.54) is 0 Å². The highest BCUT2D eigenvalue weighted by Crippen LogP contribution is 2.41. The molecule has 2 heterocycles. The minimum absolute atomic E-state index is 0.113. The van der Waals surface area contributed by atoms with Crippen LogP contribution in [0.15, 0.2) is 36.4 Å².